The van der Waals surface area contributed by atoms with Gasteiger partial charge in [-0.05, 0) is 23.8 Å². The number of piperazine rings is 1. The summed E-state index contributed by atoms with van der Waals surface area (Å²) in [6, 6.07) is 14.3. The van der Waals surface area contributed by atoms with Crippen LogP contribution in [0.1, 0.15) is 5.56 Å². The van der Waals surface area contributed by atoms with Crippen molar-refractivity contribution in [3.05, 3.63) is 60.6 Å². The Kier molecular flexibility index (Phi) is 7.39. The Hall–Kier alpha value is -2.69. The number of pyridine rings is 1. The van der Waals surface area contributed by atoms with Crippen LogP contribution in [0, 0.1) is 0 Å². The first kappa shape index (κ1) is 21.0. The first-order valence-electron chi connectivity index (χ1n) is 9.40. The van der Waals surface area contributed by atoms with Crippen LogP contribution >= 0.6 is 24.0 Å². The van der Waals surface area contributed by atoms with Gasteiger partial charge in [0.25, 0.3) is 0 Å². The molecule has 0 spiro atoms. The molecule has 1 aromatic carbocycles. The maximum atomic E-state index is 4.47. The summed E-state index contributed by atoms with van der Waals surface area (Å²) in [6.07, 6.45) is 3.36. The number of rotatable bonds is 4. The number of aromatic amines is 1. The highest BCUT2D eigenvalue weighted by Crippen LogP contribution is 2.16. The Morgan fingerprint density at radius 1 is 1.10 bits per heavy atom. The number of aliphatic imine (C=N–C) groups is 1. The van der Waals surface area contributed by atoms with Crippen molar-refractivity contribution in [1.82, 2.24) is 30.4 Å². The highest BCUT2D eigenvalue weighted by atomic mass is 127. The molecule has 3 aromatic rings. The highest BCUT2D eigenvalue weighted by molar-refractivity contribution is 14.0. The second kappa shape index (κ2) is 10.2. The van der Waals surface area contributed by atoms with Crippen molar-refractivity contribution in [2.45, 2.75) is 6.54 Å². The molecular weight excluding hydrogens is 479 g/mol. The van der Waals surface area contributed by atoms with Gasteiger partial charge in [0.1, 0.15) is 12.1 Å². The molecule has 0 bridgehead atoms. The lowest BCUT2D eigenvalue weighted by molar-refractivity contribution is 0.371. The minimum atomic E-state index is 0. The zero-order valence-corrected chi connectivity index (χ0v) is 18.7. The molecule has 0 saturated carbocycles. The number of guanidine groups is 1. The molecule has 1 aliphatic heterocycles. The number of hydrogen-bond acceptors (Lipinski definition) is 5. The molecule has 0 unspecified atom stereocenters. The number of nitrogens with one attached hydrogen (secondary N) is 2. The maximum Gasteiger partial charge on any atom is 0.194 e. The van der Waals surface area contributed by atoms with Gasteiger partial charge in [0, 0.05) is 51.5 Å². The average molecular weight is 504 g/mol. The van der Waals surface area contributed by atoms with Crippen LogP contribution < -0.4 is 10.2 Å². The molecule has 0 radical (unpaired) electrons. The lowest BCUT2D eigenvalue weighted by atomic mass is 10.1. The van der Waals surface area contributed by atoms with Gasteiger partial charge in [-0.1, -0.05) is 24.3 Å². The van der Waals surface area contributed by atoms with Gasteiger partial charge >= 0.3 is 0 Å². The van der Waals surface area contributed by atoms with Crippen LogP contribution in [0.4, 0.5) is 5.82 Å². The standard InChI is InChI=1S/C20H24N8.HI/c1-21-20(28-11-9-27(10-12-28)18-7-2-3-8-22-18)23-14-16-5-4-6-17(13-16)19-24-15-25-26-19;/h2-8,13,15H,9-12,14H2,1H3,(H,21,23)(H,24,25,26);1H. The first-order chi connectivity index (χ1) is 13.8. The van der Waals surface area contributed by atoms with Gasteiger partial charge in [-0.2, -0.15) is 5.10 Å². The quantitative estimate of drug-likeness (QED) is 0.323. The molecule has 2 N–H and O–H groups in total. The Balaban J connectivity index is 0.00000240. The topological polar surface area (TPSA) is 85.3 Å². The molecule has 1 saturated heterocycles. The average Bonchev–Trinajstić information content (AvgIpc) is 3.31. The van der Waals surface area contributed by atoms with Crippen molar-refractivity contribution in [1.29, 1.82) is 0 Å². The third kappa shape index (κ3) is 5.22. The van der Waals surface area contributed by atoms with Crippen molar-refractivity contribution in [3.63, 3.8) is 0 Å². The van der Waals surface area contributed by atoms with Crippen molar-refractivity contribution in [3.8, 4) is 11.4 Å². The van der Waals surface area contributed by atoms with Gasteiger partial charge in [0.05, 0.1) is 0 Å². The zero-order chi connectivity index (χ0) is 19.2. The molecule has 0 amide bonds. The van der Waals surface area contributed by atoms with Crippen LogP contribution in [-0.4, -0.2) is 64.3 Å². The van der Waals surface area contributed by atoms with E-state index in [2.05, 4.69) is 58.5 Å². The molecule has 3 heterocycles. The minimum Gasteiger partial charge on any atom is -0.353 e. The molecule has 2 aromatic heterocycles. The van der Waals surface area contributed by atoms with Gasteiger partial charge in [-0.25, -0.2) is 9.97 Å². The fourth-order valence-electron chi connectivity index (χ4n) is 3.37. The smallest absolute Gasteiger partial charge is 0.194 e. The van der Waals surface area contributed by atoms with Crippen molar-refractivity contribution < 1.29 is 0 Å². The Morgan fingerprint density at radius 3 is 2.66 bits per heavy atom. The third-order valence-corrected chi connectivity index (χ3v) is 4.83. The summed E-state index contributed by atoms with van der Waals surface area (Å²) in [6.45, 7) is 4.38. The van der Waals surface area contributed by atoms with E-state index in [4.69, 9.17) is 0 Å². The van der Waals surface area contributed by atoms with E-state index in [0.717, 1.165) is 49.3 Å². The van der Waals surface area contributed by atoms with Crippen LogP contribution in [-0.2, 0) is 6.54 Å². The Bertz CT molecular complexity index is 905. The van der Waals surface area contributed by atoms with Crippen molar-refractivity contribution >= 4 is 35.8 Å². The Labute approximate surface area is 187 Å². The van der Waals surface area contributed by atoms with Crippen LogP contribution in [0.25, 0.3) is 11.4 Å². The molecule has 1 aliphatic rings. The second-order valence-electron chi connectivity index (χ2n) is 6.60. The van der Waals surface area contributed by atoms with Crippen LogP contribution in [0.2, 0.25) is 0 Å². The monoisotopic (exact) mass is 504 g/mol. The van der Waals surface area contributed by atoms with Gasteiger partial charge < -0.3 is 15.1 Å². The summed E-state index contributed by atoms with van der Waals surface area (Å²) in [5.74, 6) is 2.73. The lowest BCUT2D eigenvalue weighted by Gasteiger charge is -2.37. The number of halogens is 1. The highest BCUT2D eigenvalue weighted by Gasteiger charge is 2.20. The first-order valence-corrected chi connectivity index (χ1v) is 9.40. The summed E-state index contributed by atoms with van der Waals surface area (Å²) in [7, 11) is 1.83. The van der Waals surface area contributed by atoms with Crippen LogP contribution in [0.15, 0.2) is 60.0 Å². The molecule has 0 atom stereocenters. The van der Waals surface area contributed by atoms with E-state index >= 15 is 0 Å². The fourth-order valence-corrected chi connectivity index (χ4v) is 3.37. The summed E-state index contributed by atoms with van der Waals surface area (Å²) >= 11 is 0. The number of nitrogens with zero attached hydrogens (tertiary/aromatic N) is 6. The molecule has 8 nitrogen and oxygen atoms in total. The maximum absolute atomic E-state index is 4.47. The van der Waals surface area contributed by atoms with E-state index < -0.39 is 0 Å². The van der Waals surface area contributed by atoms with Crippen molar-refractivity contribution in [2.75, 3.05) is 38.1 Å². The zero-order valence-electron chi connectivity index (χ0n) is 16.3. The lowest BCUT2D eigenvalue weighted by Crippen LogP contribution is -2.52. The minimum absolute atomic E-state index is 0. The molecule has 152 valence electrons. The summed E-state index contributed by atoms with van der Waals surface area (Å²) in [5.41, 5.74) is 2.19. The number of benzene rings is 1. The predicted octanol–water partition coefficient (Wildman–Crippen LogP) is 2.38. The number of hydrogen-bond donors (Lipinski definition) is 2. The largest absolute Gasteiger partial charge is 0.353 e. The summed E-state index contributed by atoms with van der Waals surface area (Å²) < 4.78 is 0. The number of H-pyrrole nitrogens is 1. The van der Waals surface area contributed by atoms with E-state index in [1.807, 2.05) is 37.5 Å². The molecule has 29 heavy (non-hydrogen) atoms. The van der Waals surface area contributed by atoms with Gasteiger partial charge in [0.2, 0.25) is 0 Å². The van der Waals surface area contributed by atoms with E-state index in [0.29, 0.717) is 6.54 Å². The molecule has 9 heteroatoms. The van der Waals surface area contributed by atoms with Gasteiger partial charge in [-0.3, -0.25) is 10.1 Å². The normalized spacial score (nSPS) is 14.4. The van der Waals surface area contributed by atoms with E-state index in [1.54, 1.807) is 0 Å². The van der Waals surface area contributed by atoms with Crippen LogP contribution in [0.3, 0.4) is 0 Å². The van der Waals surface area contributed by atoms with Gasteiger partial charge in [-0.15, -0.1) is 24.0 Å². The fraction of sp³-hybridized carbons (Fsp3) is 0.300. The van der Waals surface area contributed by atoms with E-state index in [9.17, 15) is 0 Å². The predicted molar refractivity (Wildman–Crippen MR) is 125 cm³/mol. The second-order valence-corrected chi connectivity index (χ2v) is 6.60. The van der Waals surface area contributed by atoms with Crippen LogP contribution in [0.5, 0.6) is 0 Å². The van der Waals surface area contributed by atoms with E-state index in [1.165, 1.54) is 11.9 Å². The molecule has 1 fully saturated rings. The SMILES string of the molecule is CN=C(NCc1cccc(-c2ncn[nH]2)c1)N1CCN(c2ccccn2)CC1.I. The summed E-state index contributed by atoms with van der Waals surface area (Å²) in [4.78, 5) is 17.7. The number of aromatic nitrogens is 4. The third-order valence-electron chi connectivity index (χ3n) is 4.83. The molecule has 4 rings (SSSR count). The summed E-state index contributed by atoms with van der Waals surface area (Å²) in [5, 5.41) is 10.3. The number of anilines is 1. The molecular formula is C20H25IN8. The van der Waals surface area contributed by atoms with Gasteiger partial charge in [0.15, 0.2) is 11.8 Å². The molecule has 0 aliphatic carbocycles. The van der Waals surface area contributed by atoms with Crippen molar-refractivity contribution in [2.24, 2.45) is 4.99 Å². The Morgan fingerprint density at radius 2 is 1.97 bits per heavy atom. The van der Waals surface area contributed by atoms with E-state index in [-0.39, 0.29) is 24.0 Å².